The Morgan fingerprint density at radius 3 is 2.62 bits per heavy atom. The molecule has 3 amide bonds. The second-order valence-corrected chi connectivity index (χ2v) is 8.65. The molecule has 0 radical (unpaired) electrons. The number of hydrogen-bond acceptors (Lipinski definition) is 8. The highest BCUT2D eigenvalue weighted by molar-refractivity contribution is 9.10. The highest BCUT2D eigenvalue weighted by atomic mass is 79.9. The molecule has 1 saturated heterocycles. The van der Waals surface area contributed by atoms with E-state index in [1.54, 1.807) is 49.4 Å². The summed E-state index contributed by atoms with van der Waals surface area (Å²) in [6, 6.07) is 11.9. The molecule has 0 aliphatic carbocycles. The average Bonchev–Trinajstić information content (AvgIpc) is 3.06. The van der Waals surface area contributed by atoms with Crippen LogP contribution >= 0.6 is 27.7 Å². The summed E-state index contributed by atoms with van der Waals surface area (Å²) in [5.74, 6) is -0.955. The molecule has 1 N–H and O–H groups in total. The SMILES string of the molecule is CCOC(=O)COc1cc(/C=C2\SC(=O)N(CC(=O)Nc3ccccc3Br)C2=O)ccc1OC. The quantitative estimate of drug-likeness (QED) is 0.368. The van der Waals surface area contributed by atoms with Crippen LogP contribution in [0, 0.1) is 0 Å². The van der Waals surface area contributed by atoms with E-state index in [1.165, 1.54) is 13.2 Å². The number of para-hydroxylation sites is 1. The fourth-order valence-corrected chi connectivity index (χ4v) is 4.14. The van der Waals surface area contributed by atoms with Gasteiger partial charge >= 0.3 is 5.97 Å². The van der Waals surface area contributed by atoms with Gasteiger partial charge < -0.3 is 19.5 Å². The van der Waals surface area contributed by atoms with Crippen molar-refractivity contribution in [3.05, 3.63) is 57.4 Å². The zero-order valence-electron chi connectivity index (χ0n) is 18.3. The molecule has 1 aliphatic rings. The zero-order valence-corrected chi connectivity index (χ0v) is 20.7. The number of thioether (sulfide) groups is 1. The van der Waals surface area contributed by atoms with Gasteiger partial charge in [0.2, 0.25) is 5.91 Å². The van der Waals surface area contributed by atoms with Crippen molar-refractivity contribution in [1.29, 1.82) is 0 Å². The van der Waals surface area contributed by atoms with E-state index in [4.69, 9.17) is 14.2 Å². The molecule has 0 aromatic heterocycles. The molecule has 2 aromatic rings. The van der Waals surface area contributed by atoms with Gasteiger partial charge in [0.05, 0.1) is 24.3 Å². The second-order valence-electron chi connectivity index (χ2n) is 6.80. The topological polar surface area (TPSA) is 111 Å². The number of carbonyl (C=O) groups is 4. The number of esters is 1. The van der Waals surface area contributed by atoms with Gasteiger partial charge in [0.15, 0.2) is 18.1 Å². The Morgan fingerprint density at radius 1 is 1.15 bits per heavy atom. The van der Waals surface area contributed by atoms with Crippen LogP contribution in [0.15, 0.2) is 51.8 Å². The normalized spacial score (nSPS) is 14.3. The number of imide groups is 1. The summed E-state index contributed by atoms with van der Waals surface area (Å²) in [6.07, 6.45) is 1.51. The van der Waals surface area contributed by atoms with Gasteiger partial charge in [-0.2, -0.15) is 0 Å². The molecule has 0 unspecified atom stereocenters. The van der Waals surface area contributed by atoms with Crippen molar-refractivity contribution in [3.8, 4) is 11.5 Å². The van der Waals surface area contributed by atoms with Crippen molar-refractivity contribution < 1.29 is 33.4 Å². The number of methoxy groups -OCH3 is 1. The van der Waals surface area contributed by atoms with Gasteiger partial charge in [-0.1, -0.05) is 18.2 Å². The molecule has 0 atom stereocenters. The summed E-state index contributed by atoms with van der Waals surface area (Å²) in [5, 5.41) is 2.12. The molecular formula is C23H21BrN2O7S. The van der Waals surface area contributed by atoms with Crippen LogP contribution in [0.2, 0.25) is 0 Å². The first kappa shape index (κ1) is 25.3. The fraction of sp³-hybridized carbons (Fsp3) is 0.217. The summed E-state index contributed by atoms with van der Waals surface area (Å²) in [6.45, 7) is 1.20. The first-order chi connectivity index (χ1) is 16.3. The number of benzene rings is 2. The molecule has 1 aliphatic heterocycles. The van der Waals surface area contributed by atoms with Gasteiger partial charge in [-0.3, -0.25) is 19.3 Å². The third kappa shape index (κ3) is 6.39. The maximum absolute atomic E-state index is 12.8. The number of carbonyl (C=O) groups excluding carboxylic acids is 4. The van der Waals surface area contributed by atoms with Crippen molar-refractivity contribution in [2.24, 2.45) is 0 Å². The smallest absolute Gasteiger partial charge is 0.344 e. The van der Waals surface area contributed by atoms with Gasteiger partial charge in [-0.15, -0.1) is 0 Å². The van der Waals surface area contributed by atoms with Crippen molar-refractivity contribution in [2.75, 3.05) is 32.2 Å². The van der Waals surface area contributed by atoms with Crippen LogP contribution in [0.3, 0.4) is 0 Å². The molecule has 3 rings (SSSR count). The van der Waals surface area contributed by atoms with Crippen LogP contribution in [0.1, 0.15) is 12.5 Å². The van der Waals surface area contributed by atoms with E-state index < -0.39 is 29.6 Å². The number of rotatable bonds is 9. The molecule has 34 heavy (non-hydrogen) atoms. The largest absolute Gasteiger partial charge is 0.493 e. The van der Waals surface area contributed by atoms with Gasteiger partial charge in [0.25, 0.3) is 11.1 Å². The van der Waals surface area contributed by atoms with Crippen molar-refractivity contribution in [2.45, 2.75) is 6.92 Å². The Kier molecular flexibility index (Phi) is 8.72. The average molecular weight is 549 g/mol. The Balaban J connectivity index is 1.71. The van der Waals surface area contributed by atoms with Crippen LogP contribution in [0.5, 0.6) is 11.5 Å². The lowest BCUT2D eigenvalue weighted by Crippen LogP contribution is -2.36. The van der Waals surface area contributed by atoms with Gasteiger partial charge in [0.1, 0.15) is 6.54 Å². The van der Waals surface area contributed by atoms with Crippen LogP contribution in [0.4, 0.5) is 10.5 Å². The standard InChI is InChI=1S/C23H21BrN2O7S/c1-3-32-21(28)13-33-18-10-14(8-9-17(18)31-2)11-19-22(29)26(23(30)34-19)12-20(27)25-16-7-5-4-6-15(16)24/h4-11H,3,12-13H2,1-2H3,(H,25,27)/b19-11-. The highest BCUT2D eigenvalue weighted by Crippen LogP contribution is 2.34. The maximum atomic E-state index is 12.8. The third-order valence-corrected chi connectivity index (χ3v) is 6.06. The highest BCUT2D eigenvalue weighted by Gasteiger charge is 2.36. The number of anilines is 1. The van der Waals surface area contributed by atoms with E-state index in [1.807, 2.05) is 0 Å². The first-order valence-corrected chi connectivity index (χ1v) is 11.7. The van der Waals surface area contributed by atoms with E-state index in [0.29, 0.717) is 21.5 Å². The molecular weight excluding hydrogens is 528 g/mol. The maximum Gasteiger partial charge on any atom is 0.344 e. The van der Waals surface area contributed by atoms with E-state index in [-0.39, 0.29) is 23.9 Å². The molecule has 2 aromatic carbocycles. The Morgan fingerprint density at radius 2 is 1.91 bits per heavy atom. The fourth-order valence-electron chi connectivity index (χ4n) is 2.92. The van der Waals surface area contributed by atoms with Gasteiger partial charge in [-0.05, 0) is 70.5 Å². The first-order valence-electron chi connectivity index (χ1n) is 10.1. The monoisotopic (exact) mass is 548 g/mol. The number of ether oxygens (including phenoxy) is 3. The molecule has 178 valence electrons. The molecule has 0 bridgehead atoms. The van der Waals surface area contributed by atoms with Crippen molar-refractivity contribution in [3.63, 3.8) is 0 Å². The minimum atomic E-state index is -0.581. The van der Waals surface area contributed by atoms with Gasteiger partial charge in [-0.25, -0.2) is 4.79 Å². The minimum Gasteiger partial charge on any atom is -0.493 e. The molecule has 1 fully saturated rings. The minimum absolute atomic E-state index is 0.153. The Bertz CT molecular complexity index is 1150. The number of amides is 3. The van der Waals surface area contributed by atoms with Gasteiger partial charge in [0, 0.05) is 4.47 Å². The van der Waals surface area contributed by atoms with E-state index >= 15 is 0 Å². The molecule has 0 saturated carbocycles. The van der Waals surface area contributed by atoms with E-state index in [0.717, 1.165) is 16.7 Å². The predicted molar refractivity (Wildman–Crippen MR) is 131 cm³/mol. The lowest BCUT2D eigenvalue weighted by atomic mass is 10.2. The van der Waals surface area contributed by atoms with Crippen molar-refractivity contribution >= 4 is 62.5 Å². The lowest BCUT2D eigenvalue weighted by molar-refractivity contribution is -0.145. The van der Waals surface area contributed by atoms with E-state index in [2.05, 4.69) is 21.2 Å². The lowest BCUT2D eigenvalue weighted by Gasteiger charge is -2.13. The molecule has 1 heterocycles. The summed E-state index contributed by atoms with van der Waals surface area (Å²) in [5.41, 5.74) is 1.08. The summed E-state index contributed by atoms with van der Waals surface area (Å²) in [4.78, 5) is 50.2. The predicted octanol–water partition coefficient (Wildman–Crippen LogP) is 4.07. The zero-order chi connectivity index (χ0) is 24.7. The third-order valence-electron chi connectivity index (χ3n) is 4.46. The number of hydrogen-bond donors (Lipinski definition) is 1. The molecule has 0 spiro atoms. The summed E-state index contributed by atoms with van der Waals surface area (Å²) >= 11 is 4.06. The van der Waals surface area contributed by atoms with Crippen LogP contribution in [-0.4, -0.2) is 54.8 Å². The Labute approximate surface area is 208 Å². The summed E-state index contributed by atoms with van der Waals surface area (Å²) in [7, 11) is 1.45. The Hall–Kier alpha value is -3.31. The molecule has 11 heteroatoms. The number of nitrogens with one attached hydrogen (secondary N) is 1. The van der Waals surface area contributed by atoms with Crippen molar-refractivity contribution in [1.82, 2.24) is 4.90 Å². The summed E-state index contributed by atoms with van der Waals surface area (Å²) < 4.78 is 16.2. The number of nitrogens with zero attached hydrogens (tertiary/aromatic N) is 1. The molecule has 9 nitrogen and oxygen atoms in total. The van der Waals surface area contributed by atoms with Crippen LogP contribution < -0.4 is 14.8 Å². The number of halogens is 1. The van der Waals surface area contributed by atoms with Crippen LogP contribution in [0.25, 0.3) is 6.08 Å². The second kappa shape index (κ2) is 11.7. The van der Waals surface area contributed by atoms with E-state index in [9.17, 15) is 19.2 Å². The van der Waals surface area contributed by atoms with Crippen LogP contribution in [-0.2, 0) is 19.1 Å².